The van der Waals surface area contributed by atoms with E-state index in [1.807, 2.05) is 6.20 Å². The highest BCUT2D eigenvalue weighted by Gasteiger charge is 2.33. The van der Waals surface area contributed by atoms with E-state index in [2.05, 4.69) is 25.6 Å². The molecule has 13 nitrogen and oxygen atoms in total. The number of aryl methyl sites for hydroxylation is 2. The number of nitrogens with two attached hydrogens (primary N) is 2. The average molecular weight is 554 g/mol. The third-order valence-corrected chi connectivity index (χ3v) is 6.43. The van der Waals surface area contributed by atoms with Crippen molar-refractivity contribution >= 4 is 46.6 Å². The monoisotopic (exact) mass is 553 g/mol. The number of methoxy groups -OCH3 is 1. The van der Waals surface area contributed by atoms with Crippen LogP contribution < -0.4 is 22.1 Å². The van der Waals surface area contributed by atoms with Crippen molar-refractivity contribution < 1.29 is 29.0 Å². The number of nitrogens with zero attached hydrogens (tertiary/aromatic N) is 2. The molecule has 2 amide bonds. The van der Waals surface area contributed by atoms with Crippen LogP contribution in [-0.4, -0.2) is 63.0 Å². The molecule has 0 aliphatic rings. The minimum atomic E-state index is -1.16. The maximum atomic E-state index is 12.8. The van der Waals surface area contributed by atoms with Crippen molar-refractivity contribution in [2.24, 2.45) is 5.41 Å². The van der Waals surface area contributed by atoms with Crippen LogP contribution in [0.5, 0.6) is 0 Å². The van der Waals surface area contributed by atoms with Gasteiger partial charge in [-0.3, -0.25) is 9.59 Å². The van der Waals surface area contributed by atoms with Crippen LogP contribution in [0.25, 0.3) is 11.0 Å². The number of hydrogen-bond acceptors (Lipinski definition) is 9. The predicted molar refractivity (Wildman–Crippen MR) is 148 cm³/mol. The number of carboxylic acid groups (broad SMARTS) is 1. The summed E-state index contributed by atoms with van der Waals surface area (Å²) in [6, 6.07) is 4.69. The first-order valence-corrected chi connectivity index (χ1v) is 12.7. The number of anilines is 2. The summed E-state index contributed by atoms with van der Waals surface area (Å²) in [4.78, 5) is 60.3. The molecule has 0 unspecified atom stereocenters. The van der Waals surface area contributed by atoms with E-state index < -0.39 is 41.3 Å². The Hall–Kier alpha value is -4.68. The molecule has 8 N–H and O–H groups in total. The zero-order valence-electron chi connectivity index (χ0n) is 22.9. The van der Waals surface area contributed by atoms with Gasteiger partial charge in [-0.05, 0) is 47.9 Å². The van der Waals surface area contributed by atoms with Crippen LogP contribution in [0.1, 0.15) is 55.1 Å². The molecule has 1 aromatic carbocycles. The van der Waals surface area contributed by atoms with Crippen LogP contribution in [-0.2, 0) is 32.0 Å². The van der Waals surface area contributed by atoms with Gasteiger partial charge in [-0.1, -0.05) is 32.9 Å². The summed E-state index contributed by atoms with van der Waals surface area (Å²) < 4.78 is 4.78. The van der Waals surface area contributed by atoms with E-state index in [0.29, 0.717) is 29.9 Å². The lowest BCUT2D eigenvalue weighted by molar-refractivity contribution is -0.145. The summed E-state index contributed by atoms with van der Waals surface area (Å²) in [6.07, 6.45) is 2.86. The Kier molecular flexibility index (Phi) is 9.30. The number of carbonyl (C=O) groups excluding carboxylic acids is 3. The van der Waals surface area contributed by atoms with Crippen LogP contribution in [0, 0.1) is 5.41 Å². The fourth-order valence-electron chi connectivity index (χ4n) is 4.23. The molecule has 0 fully saturated rings. The lowest BCUT2D eigenvalue weighted by atomic mass is 9.86. The number of aliphatic carboxylic acids is 1. The molecule has 2 atom stereocenters. The van der Waals surface area contributed by atoms with Gasteiger partial charge in [0, 0.05) is 18.2 Å². The van der Waals surface area contributed by atoms with Gasteiger partial charge in [-0.2, -0.15) is 9.97 Å². The highest BCUT2D eigenvalue weighted by atomic mass is 16.5. The first kappa shape index (κ1) is 29.9. The van der Waals surface area contributed by atoms with Crippen LogP contribution in [0.3, 0.4) is 0 Å². The predicted octanol–water partition coefficient (Wildman–Crippen LogP) is 1.57. The number of carbonyl (C=O) groups is 4. The lowest BCUT2D eigenvalue weighted by Gasteiger charge is -2.28. The first-order chi connectivity index (χ1) is 18.8. The zero-order chi connectivity index (χ0) is 29.6. The topological polar surface area (TPSA) is 215 Å². The van der Waals surface area contributed by atoms with E-state index in [9.17, 15) is 24.3 Å². The second-order valence-electron chi connectivity index (χ2n) is 10.5. The normalized spacial score (nSPS) is 12.9. The number of rotatable bonds is 11. The SMILES string of the molecule is COC(=O)[C@H](CCC(=O)N[C@H](C(=O)O)C(C)(C)C)NC(=O)c1ccc(CCc2c[nH]c3nc(N)nc(N)c23)cc1. The third kappa shape index (κ3) is 7.46. The summed E-state index contributed by atoms with van der Waals surface area (Å²) in [5.41, 5.74) is 13.7. The van der Waals surface area contributed by atoms with E-state index >= 15 is 0 Å². The van der Waals surface area contributed by atoms with Crippen molar-refractivity contribution in [3.63, 3.8) is 0 Å². The van der Waals surface area contributed by atoms with Crippen molar-refractivity contribution in [2.75, 3.05) is 18.6 Å². The number of nitrogens with one attached hydrogen (secondary N) is 3. The molecule has 0 saturated carbocycles. The lowest BCUT2D eigenvalue weighted by Crippen LogP contribution is -2.49. The molecule has 0 aliphatic heterocycles. The van der Waals surface area contributed by atoms with E-state index in [1.165, 1.54) is 7.11 Å². The Labute approximate surface area is 231 Å². The Bertz CT molecular complexity index is 1390. The van der Waals surface area contributed by atoms with Gasteiger partial charge in [0.1, 0.15) is 23.5 Å². The maximum absolute atomic E-state index is 12.8. The third-order valence-electron chi connectivity index (χ3n) is 6.43. The fraction of sp³-hybridized carbons (Fsp3) is 0.407. The number of ether oxygens (including phenoxy) is 1. The second-order valence-corrected chi connectivity index (χ2v) is 10.5. The number of carboxylic acids is 1. The smallest absolute Gasteiger partial charge is 0.328 e. The Morgan fingerprint density at radius 2 is 1.73 bits per heavy atom. The molecule has 40 heavy (non-hydrogen) atoms. The first-order valence-electron chi connectivity index (χ1n) is 12.7. The minimum absolute atomic E-state index is 0.0675. The van der Waals surface area contributed by atoms with Crippen LogP contribution in [0.15, 0.2) is 30.5 Å². The molecule has 2 aromatic heterocycles. The van der Waals surface area contributed by atoms with Crippen molar-refractivity contribution in [3.05, 3.63) is 47.2 Å². The quantitative estimate of drug-likeness (QED) is 0.188. The molecule has 0 radical (unpaired) electrons. The van der Waals surface area contributed by atoms with Gasteiger partial charge in [0.25, 0.3) is 5.91 Å². The van der Waals surface area contributed by atoms with Crippen LogP contribution in [0.2, 0.25) is 0 Å². The van der Waals surface area contributed by atoms with Gasteiger partial charge < -0.3 is 36.9 Å². The van der Waals surface area contributed by atoms with Crippen LogP contribution >= 0.6 is 0 Å². The maximum Gasteiger partial charge on any atom is 0.328 e. The number of fused-ring (bicyclic) bond motifs is 1. The average Bonchev–Trinajstić information content (AvgIpc) is 3.30. The number of benzene rings is 1. The van der Waals surface area contributed by atoms with Gasteiger partial charge in [0.05, 0.1) is 12.5 Å². The Balaban J connectivity index is 1.59. The molecule has 0 bridgehead atoms. The van der Waals surface area contributed by atoms with Gasteiger partial charge in [0.2, 0.25) is 11.9 Å². The molecule has 3 aromatic rings. The summed E-state index contributed by atoms with van der Waals surface area (Å²) in [5, 5.41) is 15.2. The molecule has 13 heteroatoms. The highest BCUT2D eigenvalue weighted by molar-refractivity contribution is 5.97. The molecular formula is C27H35N7O6. The number of esters is 1. The molecular weight excluding hydrogens is 518 g/mol. The van der Waals surface area contributed by atoms with E-state index in [1.54, 1.807) is 45.0 Å². The molecule has 0 spiro atoms. The van der Waals surface area contributed by atoms with E-state index in [4.69, 9.17) is 16.2 Å². The van der Waals surface area contributed by atoms with Crippen molar-refractivity contribution in [3.8, 4) is 0 Å². The Morgan fingerprint density at radius 3 is 2.33 bits per heavy atom. The van der Waals surface area contributed by atoms with Gasteiger partial charge in [0.15, 0.2) is 0 Å². The van der Waals surface area contributed by atoms with E-state index in [-0.39, 0.29) is 18.8 Å². The summed E-state index contributed by atoms with van der Waals surface area (Å²) in [5.74, 6) is -2.54. The molecule has 3 rings (SSSR count). The largest absolute Gasteiger partial charge is 0.480 e. The Morgan fingerprint density at radius 1 is 1.05 bits per heavy atom. The molecule has 214 valence electrons. The number of aromatic nitrogens is 3. The molecule has 0 aliphatic carbocycles. The second kappa shape index (κ2) is 12.5. The standard InChI is InChI=1S/C27H35N7O6/c1-27(2,3)20(24(37)38)32-18(35)12-11-17(25(39)40-4)31-23(36)15-8-5-14(6-9-15)7-10-16-13-30-22-19(16)21(28)33-26(29)34-22/h5-6,8-9,13,17,20H,7,10-12H2,1-4H3,(H,31,36)(H,32,35)(H,37,38)(H5,28,29,30,33,34)/t17-,20+/m0/s1. The number of H-pyrrole nitrogens is 1. The summed E-state index contributed by atoms with van der Waals surface area (Å²) in [7, 11) is 1.18. The molecule has 0 saturated heterocycles. The number of amides is 2. The van der Waals surface area contributed by atoms with Crippen LogP contribution in [0.4, 0.5) is 11.8 Å². The van der Waals surface area contributed by atoms with Crippen molar-refractivity contribution in [1.29, 1.82) is 0 Å². The van der Waals surface area contributed by atoms with E-state index in [0.717, 1.165) is 16.5 Å². The number of aromatic amines is 1. The van der Waals surface area contributed by atoms with Gasteiger partial charge >= 0.3 is 11.9 Å². The van der Waals surface area contributed by atoms with Gasteiger partial charge in [-0.15, -0.1) is 0 Å². The zero-order valence-corrected chi connectivity index (χ0v) is 22.9. The van der Waals surface area contributed by atoms with Gasteiger partial charge in [-0.25, -0.2) is 9.59 Å². The van der Waals surface area contributed by atoms with Crippen molar-refractivity contribution in [2.45, 2.75) is 58.5 Å². The number of nitrogen functional groups attached to an aromatic ring is 2. The minimum Gasteiger partial charge on any atom is -0.480 e. The molecule has 2 heterocycles. The summed E-state index contributed by atoms with van der Waals surface area (Å²) in [6.45, 7) is 5.08. The fourth-order valence-corrected chi connectivity index (χ4v) is 4.23. The summed E-state index contributed by atoms with van der Waals surface area (Å²) >= 11 is 0. The highest BCUT2D eigenvalue weighted by Crippen LogP contribution is 2.24. The van der Waals surface area contributed by atoms with Crippen molar-refractivity contribution in [1.82, 2.24) is 25.6 Å². The number of hydrogen-bond donors (Lipinski definition) is 6.